The fraction of sp³-hybridized carbons (Fsp3) is 0.308. The van der Waals surface area contributed by atoms with Crippen molar-refractivity contribution in [1.29, 1.82) is 0 Å². The van der Waals surface area contributed by atoms with E-state index in [2.05, 4.69) is 9.55 Å². The van der Waals surface area contributed by atoms with Gasteiger partial charge >= 0.3 is 0 Å². The molecule has 17 heavy (non-hydrogen) atoms. The molecule has 0 bridgehead atoms. The lowest BCUT2D eigenvalue weighted by molar-refractivity contribution is 0.472. The zero-order valence-electron chi connectivity index (χ0n) is 9.44. The van der Waals surface area contributed by atoms with Crippen molar-refractivity contribution in [2.24, 2.45) is 5.73 Å². The highest BCUT2D eigenvalue weighted by atomic mass is 19.1. The van der Waals surface area contributed by atoms with Crippen molar-refractivity contribution >= 4 is 0 Å². The van der Waals surface area contributed by atoms with Crippen LogP contribution in [0.2, 0.25) is 0 Å². The molecule has 2 N–H and O–H groups in total. The first-order valence-electron chi connectivity index (χ1n) is 5.80. The van der Waals surface area contributed by atoms with Crippen molar-refractivity contribution in [2.75, 3.05) is 0 Å². The molecule has 0 saturated heterocycles. The number of aromatic nitrogens is 2. The number of aryl methyl sites for hydroxylation is 1. The first-order valence-corrected chi connectivity index (χ1v) is 5.80. The molecule has 0 radical (unpaired) electrons. The largest absolute Gasteiger partial charge is 0.334 e. The summed E-state index contributed by atoms with van der Waals surface area (Å²) in [6.45, 7) is 0.873. The lowest BCUT2D eigenvalue weighted by Crippen LogP contribution is -2.30. The Morgan fingerprint density at radius 3 is 3.00 bits per heavy atom. The number of halogens is 1. The molecular weight excluding hydrogens is 217 g/mol. The van der Waals surface area contributed by atoms with Crippen LogP contribution in [-0.2, 0) is 13.0 Å². The predicted octanol–water partition coefficient (Wildman–Crippen LogP) is 1.96. The third-order valence-electron chi connectivity index (χ3n) is 3.27. The van der Waals surface area contributed by atoms with Gasteiger partial charge in [-0.2, -0.15) is 0 Å². The summed E-state index contributed by atoms with van der Waals surface area (Å²) < 4.78 is 15.8. The Kier molecular flexibility index (Phi) is 2.44. The molecule has 4 heteroatoms. The van der Waals surface area contributed by atoms with E-state index in [9.17, 15) is 4.39 Å². The van der Waals surface area contributed by atoms with E-state index in [0.717, 1.165) is 30.8 Å². The topological polar surface area (TPSA) is 43.8 Å². The first-order chi connectivity index (χ1) is 8.25. The molecule has 3 nitrogen and oxygen atoms in total. The lowest BCUT2D eigenvalue weighted by atomic mass is 10.0. The number of hydrogen-bond acceptors (Lipinski definition) is 2. The molecule has 1 aromatic carbocycles. The van der Waals surface area contributed by atoms with Crippen LogP contribution in [-0.4, -0.2) is 15.6 Å². The zero-order valence-corrected chi connectivity index (χ0v) is 9.44. The Morgan fingerprint density at radius 2 is 2.18 bits per heavy atom. The van der Waals surface area contributed by atoms with E-state index >= 15 is 0 Å². The standard InChI is InChI=1S/C13H14FN3/c14-11-4-2-1-3-10(11)13-12-7-9(15)5-6-17(12)8-16-13/h1-4,8-9H,5-7,15H2. The third kappa shape index (κ3) is 1.74. The van der Waals surface area contributed by atoms with Crippen molar-refractivity contribution in [1.82, 2.24) is 9.55 Å². The Labute approximate surface area is 99.1 Å². The van der Waals surface area contributed by atoms with Crippen LogP contribution in [0.5, 0.6) is 0 Å². The lowest BCUT2D eigenvalue weighted by Gasteiger charge is -2.21. The van der Waals surface area contributed by atoms with E-state index in [0.29, 0.717) is 5.56 Å². The van der Waals surface area contributed by atoms with Crippen LogP contribution >= 0.6 is 0 Å². The number of nitrogens with two attached hydrogens (primary N) is 1. The quantitative estimate of drug-likeness (QED) is 0.815. The first kappa shape index (κ1) is 10.5. The molecule has 0 aliphatic carbocycles. The van der Waals surface area contributed by atoms with Gasteiger partial charge in [0.05, 0.1) is 12.0 Å². The van der Waals surface area contributed by atoms with Gasteiger partial charge in [-0.1, -0.05) is 12.1 Å². The highest BCUT2D eigenvalue weighted by Crippen LogP contribution is 2.28. The average Bonchev–Trinajstić information content (AvgIpc) is 2.72. The Balaban J connectivity index is 2.11. The maximum atomic E-state index is 13.7. The van der Waals surface area contributed by atoms with Crippen LogP contribution in [0.4, 0.5) is 4.39 Å². The van der Waals surface area contributed by atoms with Crippen molar-refractivity contribution < 1.29 is 4.39 Å². The number of fused-ring (bicyclic) bond motifs is 1. The number of imidazole rings is 1. The van der Waals surface area contributed by atoms with Crippen LogP contribution in [0.1, 0.15) is 12.1 Å². The van der Waals surface area contributed by atoms with Gasteiger partial charge in [-0.3, -0.25) is 0 Å². The fourth-order valence-corrected chi connectivity index (χ4v) is 2.35. The molecule has 1 aliphatic rings. The van der Waals surface area contributed by atoms with E-state index in [1.165, 1.54) is 6.07 Å². The van der Waals surface area contributed by atoms with Gasteiger partial charge in [-0.05, 0) is 18.6 Å². The second kappa shape index (κ2) is 3.96. The minimum Gasteiger partial charge on any atom is -0.334 e. The molecule has 1 aliphatic heterocycles. The summed E-state index contributed by atoms with van der Waals surface area (Å²) in [6.07, 6.45) is 3.51. The average molecular weight is 231 g/mol. The van der Waals surface area contributed by atoms with Crippen LogP contribution in [0.3, 0.4) is 0 Å². The van der Waals surface area contributed by atoms with Crippen molar-refractivity contribution in [3.63, 3.8) is 0 Å². The summed E-state index contributed by atoms with van der Waals surface area (Å²) in [5.41, 5.74) is 8.31. The van der Waals surface area contributed by atoms with Crippen LogP contribution in [0.15, 0.2) is 30.6 Å². The zero-order chi connectivity index (χ0) is 11.8. The maximum absolute atomic E-state index is 13.7. The highest BCUT2D eigenvalue weighted by molar-refractivity contribution is 5.63. The normalized spacial score (nSPS) is 19.1. The van der Waals surface area contributed by atoms with Gasteiger partial charge < -0.3 is 10.3 Å². The van der Waals surface area contributed by atoms with Crippen LogP contribution < -0.4 is 5.73 Å². The van der Waals surface area contributed by atoms with Crippen molar-refractivity contribution in [2.45, 2.75) is 25.4 Å². The molecule has 3 rings (SSSR count). The second-order valence-corrected chi connectivity index (χ2v) is 4.47. The molecule has 0 fully saturated rings. The van der Waals surface area contributed by atoms with Gasteiger partial charge in [-0.15, -0.1) is 0 Å². The van der Waals surface area contributed by atoms with Crippen LogP contribution in [0.25, 0.3) is 11.3 Å². The molecule has 2 heterocycles. The second-order valence-electron chi connectivity index (χ2n) is 4.47. The molecule has 0 saturated carbocycles. The number of hydrogen-bond donors (Lipinski definition) is 1. The van der Waals surface area contributed by atoms with Crippen LogP contribution in [0, 0.1) is 5.82 Å². The van der Waals surface area contributed by atoms with E-state index in [1.807, 2.05) is 6.07 Å². The van der Waals surface area contributed by atoms with Crippen molar-refractivity contribution in [3.8, 4) is 11.3 Å². The Hall–Kier alpha value is -1.68. The summed E-state index contributed by atoms with van der Waals surface area (Å²) in [5.74, 6) is -0.229. The SMILES string of the molecule is NC1CCn2cnc(-c3ccccc3F)c2C1. The number of nitrogens with zero attached hydrogens (tertiary/aromatic N) is 2. The summed E-state index contributed by atoms with van der Waals surface area (Å²) in [5, 5.41) is 0. The molecule has 0 amide bonds. The van der Waals surface area contributed by atoms with Crippen molar-refractivity contribution in [3.05, 3.63) is 42.1 Å². The summed E-state index contributed by atoms with van der Waals surface area (Å²) in [4.78, 5) is 4.33. The number of rotatable bonds is 1. The molecular formula is C13H14FN3. The summed E-state index contributed by atoms with van der Waals surface area (Å²) in [6, 6.07) is 6.90. The Morgan fingerprint density at radius 1 is 1.35 bits per heavy atom. The van der Waals surface area contributed by atoms with E-state index in [-0.39, 0.29) is 11.9 Å². The molecule has 88 valence electrons. The van der Waals surface area contributed by atoms with E-state index in [4.69, 9.17) is 5.73 Å². The van der Waals surface area contributed by atoms with Gasteiger partial charge in [-0.25, -0.2) is 9.37 Å². The van der Waals surface area contributed by atoms with E-state index in [1.54, 1.807) is 18.5 Å². The predicted molar refractivity (Wildman–Crippen MR) is 63.9 cm³/mol. The van der Waals surface area contributed by atoms with Gasteiger partial charge in [0.2, 0.25) is 0 Å². The molecule has 1 aromatic heterocycles. The summed E-state index contributed by atoms with van der Waals surface area (Å²) >= 11 is 0. The molecule has 2 aromatic rings. The summed E-state index contributed by atoms with van der Waals surface area (Å²) in [7, 11) is 0. The molecule has 1 unspecified atom stereocenters. The van der Waals surface area contributed by atoms with Gasteiger partial charge in [0.25, 0.3) is 0 Å². The van der Waals surface area contributed by atoms with Gasteiger partial charge in [0.15, 0.2) is 0 Å². The maximum Gasteiger partial charge on any atom is 0.132 e. The number of benzene rings is 1. The minimum atomic E-state index is -0.229. The van der Waals surface area contributed by atoms with Gasteiger partial charge in [0.1, 0.15) is 5.82 Å². The monoisotopic (exact) mass is 231 g/mol. The fourth-order valence-electron chi connectivity index (χ4n) is 2.35. The van der Waals surface area contributed by atoms with Gasteiger partial charge in [0, 0.05) is 30.3 Å². The smallest absolute Gasteiger partial charge is 0.132 e. The molecule has 0 spiro atoms. The van der Waals surface area contributed by atoms with E-state index < -0.39 is 0 Å². The molecule has 1 atom stereocenters. The minimum absolute atomic E-state index is 0.157. The Bertz CT molecular complexity index is 547. The third-order valence-corrected chi connectivity index (χ3v) is 3.27. The highest BCUT2D eigenvalue weighted by Gasteiger charge is 2.21.